The van der Waals surface area contributed by atoms with Crippen molar-refractivity contribution in [3.8, 4) is 0 Å². The molecule has 26 heavy (non-hydrogen) atoms. The number of hydrogen-bond acceptors (Lipinski definition) is 4. The Morgan fingerprint density at radius 3 is 2.46 bits per heavy atom. The van der Waals surface area contributed by atoms with Crippen molar-refractivity contribution in [1.82, 2.24) is 10.6 Å². The number of carbonyl (C=O) groups excluding carboxylic acids is 1. The van der Waals surface area contributed by atoms with Crippen LogP contribution >= 0.6 is 12.4 Å². The van der Waals surface area contributed by atoms with E-state index in [9.17, 15) is 4.79 Å². The highest BCUT2D eigenvalue weighted by Crippen LogP contribution is 2.27. The summed E-state index contributed by atoms with van der Waals surface area (Å²) in [7, 11) is 0. The number of piperidine rings is 1. The third-order valence-corrected chi connectivity index (χ3v) is 5.17. The molecule has 0 saturated carbocycles. The van der Waals surface area contributed by atoms with Crippen LogP contribution in [0.15, 0.2) is 30.3 Å². The van der Waals surface area contributed by atoms with Gasteiger partial charge in [-0.2, -0.15) is 0 Å². The third-order valence-electron chi connectivity index (χ3n) is 5.17. The lowest BCUT2D eigenvalue weighted by Gasteiger charge is -2.33. The van der Waals surface area contributed by atoms with Crippen LogP contribution in [0.1, 0.15) is 44.3 Å². The number of nitrogens with one attached hydrogen (secondary N) is 2. The van der Waals surface area contributed by atoms with Crippen molar-refractivity contribution >= 4 is 18.3 Å². The van der Waals surface area contributed by atoms with Crippen LogP contribution in [0, 0.1) is 5.92 Å². The summed E-state index contributed by atoms with van der Waals surface area (Å²) in [6.07, 6.45) is 3.72. The Hall–Kier alpha value is -1.14. The summed E-state index contributed by atoms with van der Waals surface area (Å²) in [5.74, 6) is 0.272. The second-order valence-corrected chi connectivity index (χ2v) is 7.10. The average Bonchev–Trinajstić information content (AvgIpc) is 2.68. The predicted molar refractivity (Wildman–Crippen MR) is 105 cm³/mol. The van der Waals surface area contributed by atoms with E-state index in [4.69, 9.17) is 9.47 Å². The molecule has 2 aliphatic heterocycles. The summed E-state index contributed by atoms with van der Waals surface area (Å²) in [5, 5.41) is 6.52. The minimum Gasteiger partial charge on any atom is -0.381 e. The van der Waals surface area contributed by atoms with E-state index in [2.05, 4.69) is 29.7 Å². The van der Waals surface area contributed by atoms with E-state index in [0.29, 0.717) is 0 Å². The summed E-state index contributed by atoms with van der Waals surface area (Å²) in [4.78, 5) is 12.6. The molecule has 0 radical (unpaired) electrons. The van der Waals surface area contributed by atoms with Gasteiger partial charge in [-0.15, -0.1) is 12.4 Å². The van der Waals surface area contributed by atoms with Gasteiger partial charge in [0.2, 0.25) is 5.91 Å². The van der Waals surface area contributed by atoms with Crippen molar-refractivity contribution in [2.24, 2.45) is 5.92 Å². The summed E-state index contributed by atoms with van der Waals surface area (Å²) >= 11 is 0. The second-order valence-electron chi connectivity index (χ2n) is 7.10. The van der Waals surface area contributed by atoms with Crippen molar-refractivity contribution in [3.05, 3.63) is 35.9 Å². The average molecular weight is 383 g/mol. The van der Waals surface area contributed by atoms with Gasteiger partial charge in [-0.25, -0.2) is 0 Å². The van der Waals surface area contributed by atoms with E-state index in [1.54, 1.807) is 0 Å². The van der Waals surface area contributed by atoms with Crippen LogP contribution in [0.2, 0.25) is 0 Å². The largest absolute Gasteiger partial charge is 0.381 e. The Morgan fingerprint density at radius 1 is 1.15 bits per heavy atom. The quantitative estimate of drug-likeness (QED) is 0.794. The lowest BCUT2D eigenvalue weighted by Crippen LogP contribution is -2.45. The molecule has 146 valence electrons. The number of benzene rings is 1. The molecular weight excluding hydrogens is 352 g/mol. The third kappa shape index (κ3) is 5.95. The fraction of sp³-hybridized carbons (Fsp3) is 0.650. The SMILES string of the molecule is CC(NC(=O)C1CCNCC1)C(OC1CCOCC1)c1ccccc1.Cl. The Labute approximate surface area is 162 Å². The minimum atomic E-state index is -0.130. The highest BCUT2D eigenvalue weighted by molar-refractivity contribution is 5.85. The van der Waals surface area contributed by atoms with E-state index in [0.717, 1.165) is 57.6 Å². The molecule has 5 nitrogen and oxygen atoms in total. The number of amides is 1. The molecule has 2 N–H and O–H groups in total. The lowest BCUT2D eigenvalue weighted by atomic mass is 9.96. The predicted octanol–water partition coefficient (Wildman–Crippen LogP) is 2.85. The van der Waals surface area contributed by atoms with Gasteiger partial charge in [0.05, 0.1) is 12.1 Å². The number of halogens is 1. The van der Waals surface area contributed by atoms with Gasteiger partial charge in [-0.1, -0.05) is 30.3 Å². The molecule has 2 saturated heterocycles. The summed E-state index contributed by atoms with van der Waals surface area (Å²) < 4.78 is 11.9. The zero-order chi connectivity index (χ0) is 17.5. The first kappa shape index (κ1) is 21.2. The van der Waals surface area contributed by atoms with Gasteiger partial charge in [-0.05, 0) is 51.3 Å². The molecule has 0 spiro atoms. The van der Waals surface area contributed by atoms with Crippen molar-refractivity contribution in [2.45, 2.75) is 50.9 Å². The molecule has 1 aromatic carbocycles. The maximum atomic E-state index is 12.6. The molecule has 0 aliphatic carbocycles. The van der Waals surface area contributed by atoms with Crippen LogP contribution < -0.4 is 10.6 Å². The molecule has 1 aromatic rings. The van der Waals surface area contributed by atoms with Crippen molar-refractivity contribution in [2.75, 3.05) is 26.3 Å². The van der Waals surface area contributed by atoms with E-state index < -0.39 is 0 Å². The Kier molecular flexibility index (Phi) is 8.85. The maximum absolute atomic E-state index is 12.6. The number of ether oxygens (including phenoxy) is 2. The molecule has 2 atom stereocenters. The van der Waals surface area contributed by atoms with E-state index in [1.165, 1.54) is 0 Å². The summed E-state index contributed by atoms with van der Waals surface area (Å²) in [6.45, 7) is 5.40. The standard InChI is InChI=1S/C20H30N2O3.ClH/c1-15(22-20(23)17-7-11-21-12-8-17)19(16-5-3-2-4-6-16)25-18-9-13-24-14-10-18;/h2-6,15,17-19,21H,7-14H2,1H3,(H,22,23);1H. The zero-order valence-electron chi connectivity index (χ0n) is 15.5. The van der Waals surface area contributed by atoms with Crippen LogP contribution in [0.3, 0.4) is 0 Å². The number of carbonyl (C=O) groups is 1. The fourth-order valence-corrected chi connectivity index (χ4v) is 3.65. The molecule has 2 unspecified atom stereocenters. The summed E-state index contributed by atoms with van der Waals surface area (Å²) in [5.41, 5.74) is 1.12. The Bertz CT molecular complexity index is 531. The molecule has 0 aromatic heterocycles. The van der Waals surface area contributed by atoms with Crippen molar-refractivity contribution in [3.63, 3.8) is 0 Å². The van der Waals surface area contributed by atoms with Crippen LogP contribution in [0.25, 0.3) is 0 Å². The molecule has 0 bridgehead atoms. The number of rotatable bonds is 6. The second kappa shape index (κ2) is 10.9. The topological polar surface area (TPSA) is 59.6 Å². The van der Waals surface area contributed by atoms with Crippen molar-refractivity contribution < 1.29 is 14.3 Å². The van der Waals surface area contributed by atoms with Gasteiger partial charge in [0.25, 0.3) is 0 Å². The van der Waals surface area contributed by atoms with E-state index >= 15 is 0 Å². The molecule has 1 amide bonds. The van der Waals surface area contributed by atoms with Crippen LogP contribution in [-0.2, 0) is 14.3 Å². The van der Waals surface area contributed by atoms with Gasteiger partial charge in [0.15, 0.2) is 0 Å². The van der Waals surface area contributed by atoms with Crippen LogP contribution in [-0.4, -0.2) is 44.4 Å². The molecule has 2 fully saturated rings. The smallest absolute Gasteiger partial charge is 0.223 e. The Balaban J connectivity index is 0.00000243. The monoisotopic (exact) mass is 382 g/mol. The number of hydrogen-bond donors (Lipinski definition) is 2. The fourth-order valence-electron chi connectivity index (χ4n) is 3.65. The minimum absolute atomic E-state index is 0. The normalized spacial score (nSPS) is 21.4. The van der Waals surface area contributed by atoms with Crippen LogP contribution in [0.4, 0.5) is 0 Å². The van der Waals surface area contributed by atoms with Crippen LogP contribution in [0.5, 0.6) is 0 Å². The molecule has 6 heteroatoms. The van der Waals surface area contributed by atoms with E-state index in [-0.39, 0.29) is 42.5 Å². The van der Waals surface area contributed by atoms with Gasteiger partial charge >= 0.3 is 0 Å². The first-order valence-electron chi connectivity index (χ1n) is 9.53. The molecular formula is C20H31ClN2O3. The van der Waals surface area contributed by atoms with E-state index in [1.807, 2.05) is 18.2 Å². The maximum Gasteiger partial charge on any atom is 0.223 e. The first-order valence-corrected chi connectivity index (χ1v) is 9.53. The summed E-state index contributed by atoms with van der Waals surface area (Å²) in [6, 6.07) is 10.2. The van der Waals surface area contributed by atoms with Crippen molar-refractivity contribution in [1.29, 1.82) is 0 Å². The van der Waals surface area contributed by atoms with Gasteiger partial charge in [0, 0.05) is 19.1 Å². The lowest BCUT2D eigenvalue weighted by molar-refractivity contribution is -0.129. The molecule has 2 aliphatic rings. The van der Waals surface area contributed by atoms with Gasteiger partial charge < -0.3 is 20.1 Å². The highest BCUT2D eigenvalue weighted by Gasteiger charge is 2.29. The first-order chi connectivity index (χ1) is 12.2. The molecule has 3 rings (SSSR count). The zero-order valence-corrected chi connectivity index (χ0v) is 16.3. The molecule has 2 heterocycles. The van der Waals surface area contributed by atoms with Gasteiger partial charge in [0.1, 0.15) is 6.10 Å². The highest BCUT2D eigenvalue weighted by atomic mass is 35.5. The van der Waals surface area contributed by atoms with Gasteiger partial charge in [-0.3, -0.25) is 4.79 Å². The Morgan fingerprint density at radius 2 is 1.81 bits per heavy atom.